The standard InChI is InChI=1S/C29H34N6O2/c1-29(2)36-25-20(14-23(26(25)37-29)35-12-11-21-27(30)32-16-33-28(21)35)8-6-17-5-7-19-9-10-24(34-22(19)13-17)31-15-18-3-4-18/h5,7,9-13,16,18,20,23,25-26H,3-4,6,8,14-15H2,1-2H3,(H,31,34)(H2,30,32,33)/t20-,23+,25+,26-/m0/s1. The fourth-order valence-electron chi connectivity index (χ4n) is 6.21. The van der Waals surface area contributed by atoms with E-state index in [4.69, 9.17) is 20.2 Å². The van der Waals surface area contributed by atoms with Crippen LogP contribution in [-0.2, 0) is 15.9 Å². The van der Waals surface area contributed by atoms with E-state index in [0.29, 0.717) is 11.7 Å². The molecule has 0 amide bonds. The van der Waals surface area contributed by atoms with E-state index in [9.17, 15) is 0 Å². The van der Waals surface area contributed by atoms with Gasteiger partial charge in [-0.3, -0.25) is 0 Å². The van der Waals surface area contributed by atoms with E-state index in [0.717, 1.165) is 54.1 Å². The van der Waals surface area contributed by atoms with Crippen LogP contribution in [-0.4, -0.2) is 44.1 Å². The van der Waals surface area contributed by atoms with Crippen LogP contribution in [0.4, 0.5) is 11.6 Å². The summed E-state index contributed by atoms with van der Waals surface area (Å²) >= 11 is 0. The normalized spacial score (nSPS) is 26.6. The Bertz CT molecular complexity index is 1460. The second-order valence-electron chi connectivity index (χ2n) is 11.4. The minimum absolute atomic E-state index is 0.0230. The number of benzene rings is 1. The van der Waals surface area contributed by atoms with Crippen molar-refractivity contribution < 1.29 is 9.47 Å². The number of ether oxygens (including phenoxy) is 2. The molecule has 2 aliphatic carbocycles. The van der Waals surface area contributed by atoms with Crippen molar-refractivity contribution in [1.82, 2.24) is 19.5 Å². The third-order valence-corrected chi connectivity index (χ3v) is 8.28. The maximum absolute atomic E-state index is 6.46. The summed E-state index contributed by atoms with van der Waals surface area (Å²) in [6.07, 6.45) is 9.28. The van der Waals surface area contributed by atoms with E-state index in [-0.39, 0.29) is 18.2 Å². The van der Waals surface area contributed by atoms with Gasteiger partial charge in [0.05, 0.1) is 23.0 Å². The van der Waals surface area contributed by atoms with E-state index in [1.165, 1.54) is 30.1 Å². The molecule has 3 fully saturated rings. The quantitative estimate of drug-likeness (QED) is 0.366. The average Bonchev–Trinajstić information content (AvgIpc) is 3.41. The Morgan fingerprint density at radius 1 is 1.08 bits per heavy atom. The number of nitrogen functional groups attached to an aromatic ring is 1. The minimum atomic E-state index is -0.597. The summed E-state index contributed by atoms with van der Waals surface area (Å²) in [5, 5.41) is 5.56. The zero-order chi connectivity index (χ0) is 25.1. The van der Waals surface area contributed by atoms with Crippen molar-refractivity contribution >= 4 is 33.6 Å². The molecular formula is C29H34N6O2. The number of hydrogen-bond acceptors (Lipinski definition) is 7. The molecule has 3 aromatic heterocycles. The molecular weight excluding hydrogens is 464 g/mol. The Labute approximate surface area is 216 Å². The third-order valence-electron chi connectivity index (χ3n) is 8.28. The number of nitrogens with one attached hydrogen (secondary N) is 1. The molecule has 3 N–H and O–H groups in total. The first-order chi connectivity index (χ1) is 17.9. The monoisotopic (exact) mass is 498 g/mol. The number of hydrogen-bond donors (Lipinski definition) is 2. The summed E-state index contributed by atoms with van der Waals surface area (Å²) < 4.78 is 15.1. The smallest absolute Gasteiger partial charge is 0.163 e. The predicted octanol–water partition coefficient (Wildman–Crippen LogP) is 5.10. The highest BCUT2D eigenvalue weighted by Crippen LogP contribution is 2.49. The maximum Gasteiger partial charge on any atom is 0.163 e. The molecule has 1 aliphatic heterocycles. The zero-order valence-electron chi connectivity index (χ0n) is 21.4. The molecule has 8 nitrogen and oxygen atoms in total. The molecule has 0 bridgehead atoms. The Balaban J connectivity index is 1.11. The van der Waals surface area contributed by atoms with Gasteiger partial charge in [0.15, 0.2) is 5.79 Å². The Morgan fingerprint density at radius 2 is 1.92 bits per heavy atom. The van der Waals surface area contributed by atoms with E-state index < -0.39 is 5.79 Å². The highest BCUT2D eigenvalue weighted by atomic mass is 16.8. The lowest BCUT2D eigenvalue weighted by Gasteiger charge is -2.24. The first kappa shape index (κ1) is 22.9. The lowest BCUT2D eigenvalue weighted by atomic mass is 9.95. The topological polar surface area (TPSA) is 100 Å². The van der Waals surface area contributed by atoms with Crippen LogP contribution in [0.15, 0.2) is 48.9 Å². The Morgan fingerprint density at radius 3 is 2.78 bits per heavy atom. The lowest BCUT2D eigenvalue weighted by Crippen LogP contribution is -2.27. The van der Waals surface area contributed by atoms with Crippen molar-refractivity contribution in [3.8, 4) is 0 Å². The Kier molecular flexibility index (Phi) is 5.37. The molecule has 0 spiro atoms. The van der Waals surface area contributed by atoms with Crippen LogP contribution in [0.5, 0.6) is 0 Å². The van der Waals surface area contributed by atoms with Crippen LogP contribution in [0.25, 0.3) is 21.9 Å². The van der Waals surface area contributed by atoms with Crippen LogP contribution in [0.1, 0.15) is 51.1 Å². The summed E-state index contributed by atoms with van der Waals surface area (Å²) in [6, 6.07) is 13.1. The summed E-state index contributed by atoms with van der Waals surface area (Å²) in [6.45, 7) is 5.05. The fourth-order valence-corrected chi connectivity index (χ4v) is 6.21. The third kappa shape index (κ3) is 4.32. The van der Waals surface area contributed by atoms with Gasteiger partial charge in [-0.15, -0.1) is 0 Å². The molecule has 4 heterocycles. The lowest BCUT2D eigenvalue weighted by molar-refractivity contribution is -0.160. The van der Waals surface area contributed by atoms with Crippen LogP contribution in [0.3, 0.4) is 0 Å². The van der Waals surface area contributed by atoms with Gasteiger partial charge >= 0.3 is 0 Å². The number of nitrogens with two attached hydrogens (primary N) is 1. The van der Waals surface area contributed by atoms with Crippen LogP contribution < -0.4 is 11.1 Å². The summed E-state index contributed by atoms with van der Waals surface area (Å²) in [7, 11) is 0. The fraction of sp³-hybridized carbons (Fsp3) is 0.483. The SMILES string of the molecule is CC1(C)O[C@@H]2[C@@H](CCc3ccc4ccc(NCC5CC5)nc4c3)C[C@@H](n3ccc4c(N)ncnc43)[C@@H]2O1. The van der Waals surface area contributed by atoms with E-state index in [1.54, 1.807) is 0 Å². The number of anilines is 2. The average molecular weight is 499 g/mol. The second kappa shape index (κ2) is 8.67. The molecule has 37 heavy (non-hydrogen) atoms. The summed E-state index contributed by atoms with van der Waals surface area (Å²) in [5.74, 6) is 2.09. The first-order valence-corrected chi connectivity index (χ1v) is 13.5. The second-order valence-corrected chi connectivity index (χ2v) is 11.4. The van der Waals surface area contributed by atoms with E-state index in [2.05, 4.69) is 56.4 Å². The molecule has 2 saturated carbocycles. The van der Waals surface area contributed by atoms with Crippen molar-refractivity contribution in [2.75, 3.05) is 17.6 Å². The number of aryl methyl sites for hydroxylation is 1. The summed E-state index contributed by atoms with van der Waals surface area (Å²) in [4.78, 5) is 13.6. The molecule has 0 radical (unpaired) electrons. The van der Waals surface area contributed by atoms with Gasteiger partial charge in [0.25, 0.3) is 0 Å². The van der Waals surface area contributed by atoms with Crippen molar-refractivity contribution in [2.24, 2.45) is 11.8 Å². The van der Waals surface area contributed by atoms with Gasteiger partial charge in [-0.1, -0.05) is 12.1 Å². The van der Waals surface area contributed by atoms with Gasteiger partial charge < -0.3 is 25.1 Å². The Hall–Kier alpha value is -3.23. The van der Waals surface area contributed by atoms with Crippen LogP contribution in [0.2, 0.25) is 0 Å². The van der Waals surface area contributed by atoms with Gasteiger partial charge in [-0.25, -0.2) is 15.0 Å². The van der Waals surface area contributed by atoms with Crippen molar-refractivity contribution in [1.29, 1.82) is 0 Å². The van der Waals surface area contributed by atoms with Gasteiger partial charge in [0.2, 0.25) is 0 Å². The van der Waals surface area contributed by atoms with E-state index >= 15 is 0 Å². The molecule has 8 heteroatoms. The van der Waals surface area contributed by atoms with Crippen LogP contribution >= 0.6 is 0 Å². The summed E-state index contributed by atoms with van der Waals surface area (Å²) in [5.41, 5.74) is 9.33. The van der Waals surface area contributed by atoms with Crippen molar-refractivity contribution in [3.05, 3.63) is 54.5 Å². The number of aromatic nitrogens is 4. The largest absolute Gasteiger partial charge is 0.383 e. The molecule has 4 aromatic rings. The molecule has 1 saturated heterocycles. The molecule has 1 aromatic carbocycles. The van der Waals surface area contributed by atoms with Crippen molar-refractivity contribution in [2.45, 2.75) is 70.0 Å². The minimum Gasteiger partial charge on any atom is -0.383 e. The van der Waals surface area contributed by atoms with Crippen LogP contribution in [0, 0.1) is 11.8 Å². The first-order valence-electron chi connectivity index (χ1n) is 13.5. The van der Waals surface area contributed by atoms with Crippen molar-refractivity contribution in [3.63, 3.8) is 0 Å². The van der Waals surface area contributed by atoms with E-state index in [1.807, 2.05) is 19.9 Å². The number of rotatable bonds is 7. The predicted molar refractivity (Wildman–Crippen MR) is 144 cm³/mol. The number of fused-ring (bicyclic) bond motifs is 3. The van der Waals surface area contributed by atoms with Gasteiger partial charge in [-0.2, -0.15) is 0 Å². The van der Waals surface area contributed by atoms with Gasteiger partial charge in [-0.05, 0) is 87.6 Å². The molecule has 192 valence electrons. The van der Waals surface area contributed by atoms with Gasteiger partial charge in [0.1, 0.15) is 29.7 Å². The highest BCUT2D eigenvalue weighted by molar-refractivity contribution is 5.86. The highest BCUT2D eigenvalue weighted by Gasteiger charge is 2.54. The molecule has 0 unspecified atom stereocenters. The molecule has 7 rings (SSSR count). The molecule has 3 aliphatic rings. The van der Waals surface area contributed by atoms with Gasteiger partial charge in [0, 0.05) is 18.1 Å². The zero-order valence-corrected chi connectivity index (χ0v) is 21.4. The number of pyridine rings is 1. The molecule has 4 atom stereocenters. The number of nitrogens with zero attached hydrogens (tertiary/aromatic N) is 4. The maximum atomic E-state index is 6.46.